The Bertz CT molecular complexity index is 1050. The lowest BCUT2D eigenvalue weighted by Crippen LogP contribution is -2.30. The van der Waals surface area contributed by atoms with E-state index in [1.165, 1.54) is 0 Å². The van der Waals surface area contributed by atoms with Gasteiger partial charge in [0.25, 0.3) is 0 Å². The molecule has 0 saturated carbocycles. The van der Waals surface area contributed by atoms with Crippen LogP contribution in [0.15, 0.2) is 114 Å². The quantitative estimate of drug-likeness (QED) is 0.235. The first-order valence-electron chi connectivity index (χ1n) is 10.3. The number of aliphatic imine (C=N–C) groups is 1. The molecule has 1 heterocycles. The normalized spacial score (nSPS) is 12.6. The number of carbonyl (C=O) groups is 1. The van der Waals surface area contributed by atoms with E-state index in [0.717, 1.165) is 21.6 Å². The Kier molecular flexibility index (Phi) is 7.20. The van der Waals surface area contributed by atoms with E-state index in [4.69, 9.17) is 0 Å². The molecule has 0 aliphatic rings. The highest BCUT2D eigenvalue weighted by molar-refractivity contribution is 8.00. The molecular weight excluding hydrogens is 434 g/mol. The van der Waals surface area contributed by atoms with Crippen LogP contribution >= 0.6 is 23.1 Å². The van der Waals surface area contributed by atoms with E-state index >= 15 is 0 Å². The van der Waals surface area contributed by atoms with Crippen LogP contribution in [0.5, 0.6) is 0 Å². The number of carboxylic acid groups (broad SMARTS) is 1. The first kappa shape index (κ1) is 22.1. The Morgan fingerprint density at radius 3 is 1.75 bits per heavy atom. The predicted molar refractivity (Wildman–Crippen MR) is 135 cm³/mol. The number of nitrogens with zero attached hydrogens (tertiary/aromatic N) is 1. The molecule has 0 bridgehead atoms. The molecule has 3 aromatic carbocycles. The van der Waals surface area contributed by atoms with Crippen LogP contribution in [0.4, 0.5) is 0 Å². The third kappa shape index (κ3) is 4.85. The molecule has 3 nitrogen and oxygen atoms in total. The third-order valence-corrected chi connectivity index (χ3v) is 7.64. The Hall–Kier alpha value is -3.15. The number of hydrogen-bond donors (Lipinski definition) is 1. The van der Waals surface area contributed by atoms with Crippen molar-refractivity contribution in [3.05, 3.63) is 130 Å². The van der Waals surface area contributed by atoms with Crippen molar-refractivity contribution in [2.75, 3.05) is 5.75 Å². The van der Waals surface area contributed by atoms with Crippen molar-refractivity contribution < 1.29 is 9.90 Å². The van der Waals surface area contributed by atoms with Gasteiger partial charge in [0.2, 0.25) is 0 Å². The molecule has 1 N–H and O–H groups in total. The van der Waals surface area contributed by atoms with Crippen LogP contribution in [0, 0.1) is 0 Å². The van der Waals surface area contributed by atoms with Crippen molar-refractivity contribution in [1.29, 1.82) is 0 Å². The number of hydrogen-bond acceptors (Lipinski definition) is 4. The van der Waals surface area contributed by atoms with Gasteiger partial charge >= 0.3 is 5.97 Å². The second-order valence-electron chi connectivity index (χ2n) is 7.24. The molecule has 1 aromatic heterocycles. The lowest BCUT2D eigenvalue weighted by molar-refractivity contribution is -0.137. The molecule has 4 rings (SSSR count). The molecule has 0 aliphatic heterocycles. The molecule has 1 atom stereocenters. The summed E-state index contributed by atoms with van der Waals surface area (Å²) in [6, 6.07) is 33.8. The fourth-order valence-corrected chi connectivity index (χ4v) is 5.82. The second kappa shape index (κ2) is 10.4. The zero-order valence-electron chi connectivity index (χ0n) is 17.4. The second-order valence-corrected chi connectivity index (χ2v) is 9.45. The zero-order chi connectivity index (χ0) is 22.2. The number of benzene rings is 3. The van der Waals surface area contributed by atoms with Gasteiger partial charge < -0.3 is 5.11 Å². The molecule has 32 heavy (non-hydrogen) atoms. The van der Waals surface area contributed by atoms with Gasteiger partial charge in [0.05, 0.1) is 4.75 Å². The van der Waals surface area contributed by atoms with Gasteiger partial charge in [0.15, 0.2) is 6.04 Å². The Morgan fingerprint density at radius 1 is 0.844 bits per heavy atom. The van der Waals surface area contributed by atoms with Crippen LogP contribution in [0.1, 0.15) is 21.6 Å². The van der Waals surface area contributed by atoms with Gasteiger partial charge in [-0.1, -0.05) is 97.1 Å². The minimum absolute atomic E-state index is 0.329. The molecular formula is C27H23NO2S2. The minimum atomic E-state index is -0.923. The van der Waals surface area contributed by atoms with E-state index in [9.17, 15) is 9.90 Å². The smallest absolute Gasteiger partial charge is 0.329 e. The summed E-state index contributed by atoms with van der Waals surface area (Å²) in [5, 5.41) is 11.8. The molecule has 1 unspecified atom stereocenters. The topological polar surface area (TPSA) is 49.7 Å². The average Bonchev–Trinajstić information content (AvgIpc) is 3.37. The molecule has 0 fully saturated rings. The molecule has 0 saturated heterocycles. The van der Waals surface area contributed by atoms with Crippen LogP contribution in [0.25, 0.3) is 0 Å². The molecule has 5 heteroatoms. The number of rotatable bonds is 9. The van der Waals surface area contributed by atoms with E-state index in [0.29, 0.717) is 5.75 Å². The highest BCUT2D eigenvalue weighted by Gasteiger charge is 2.38. The molecule has 0 aliphatic carbocycles. The Morgan fingerprint density at radius 2 is 1.34 bits per heavy atom. The van der Waals surface area contributed by atoms with Crippen LogP contribution in [-0.4, -0.2) is 29.1 Å². The van der Waals surface area contributed by atoms with E-state index in [-0.39, 0.29) is 0 Å². The van der Waals surface area contributed by atoms with E-state index in [2.05, 4.69) is 41.4 Å². The van der Waals surface area contributed by atoms with Gasteiger partial charge in [0, 0.05) is 16.8 Å². The summed E-state index contributed by atoms with van der Waals surface area (Å²) in [6.07, 6.45) is 1.67. The summed E-state index contributed by atoms with van der Waals surface area (Å²) in [4.78, 5) is 17.4. The van der Waals surface area contributed by atoms with Crippen LogP contribution in [-0.2, 0) is 9.54 Å². The fraction of sp³-hybridized carbons (Fsp3) is 0.111. The average molecular weight is 458 g/mol. The Labute approximate surface area is 196 Å². The monoisotopic (exact) mass is 457 g/mol. The van der Waals surface area contributed by atoms with Crippen molar-refractivity contribution in [1.82, 2.24) is 0 Å². The Balaban J connectivity index is 1.77. The highest BCUT2D eigenvalue weighted by atomic mass is 32.2. The van der Waals surface area contributed by atoms with Crippen LogP contribution < -0.4 is 0 Å². The maximum atomic E-state index is 12.1. The van der Waals surface area contributed by atoms with E-state index in [1.54, 1.807) is 29.3 Å². The number of aliphatic carboxylic acids is 1. The van der Waals surface area contributed by atoms with Crippen LogP contribution in [0.2, 0.25) is 0 Å². The number of thioether (sulfide) groups is 1. The molecule has 0 amide bonds. The van der Waals surface area contributed by atoms with Gasteiger partial charge in [0.1, 0.15) is 0 Å². The summed E-state index contributed by atoms with van der Waals surface area (Å²) in [5.74, 6) is -0.594. The summed E-state index contributed by atoms with van der Waals surface area (Å²) < 4.78 is -0.560. The van der Waals surface area contributed by atoms with Crippen molar-refractivity contribution in [3.63, 3.8) is 0 Å². The minimum Gasteiger partial charge on any atom is -0.480 e. The zero-order valence-corrected chi connectivity index (χ0v) is 19.0. The SMILES string of the molecule is O=C(O)C(CSC(c1ccccc1)(c1ccccc1)c1ccccc1)N=Cc1cccs1. The third-order valence-electron chi connectivity index (χ3n) is 5.21. The van der Waals surface area contributed by atoms with Crippen LogP contribution in [0.3, 0.4) is 0 Å². The lowest BCUT2D eigenvalue weighted by Gasteiger charge is -2.36. The number of carboxylic acids is 1. The summed E-state index contributed by atoms with van der Waals surface area (Å²) in [6.45, 7) is 0. The van der Waals surface area contributed by atoms with E-state index in [1.807, 2.05) is 72.1 Å². The fourth-order valence-electron chi connectivity index (χ4n) is 3.68. The molecule has 160 valence electrons. The van der Waals surface area contributed by atoms with Gasteiger partial charge in [-0.15, -0.1) is 23.1 Å². The van der Waals surface area contributed by atoms with E-state index < -0.39 is 16.8 Å². The van der Waals surface area contributed by atoms with Gasteiger partial charge in [-0.05, 0) is 28.1 Å². The molecule has 4 aromatic rings. The van der Waals surface area contributed by atoms with Gasteiger partial charge in [-0.2, -0.15) is 0 Å². The summed E-state index contributed by atoms with van der Waals surface area (Å²) >= 11 is 3.15. The maximum absolute atomic E-state index is 12.1. The van der Waals surface area contributed by atoms with Crippen molar-refractivity contribution >= 4 is 35.3 Å². The standard InChI is InChI=1S/C27H23NO2S2/c29-26(30)25(28-19-24-17-10-18-31-24)20-32-27(21-11-4-1-5-12-21,22-13-6-2-7-14-22)23-15-8-3-9-16-23/h1-19,25H,20H2,(H,29,30). The van der Waals surface area contributed by atoms with Crippen molar-refractivity contribution in [2.24, 2.45) is 4.99 Å². The molecule has 0 spiro atoms. The predicted octanol–water partition coefficient (Wildman–Crippen LogP) is 6.35. The summed E-state index contributed by atoms with van der Waals surface area (Å²) in [7, 11) is 0. The number of thiophene rings is 1. The van der Waals surface area contributed by atoms with Gasteiger partial charge in [-0.3, -0.25) is 4.99 Å². The first-order chi connectivity index (χ1) is 15.7. The first-order valence-corrected chi connectivity index (χ1v) is 12.2. The van der Waals surface area contributed by atoms with Crippen molar-refractivity contribution in [2.45, 2.75) is 10.8 Å². The molecule has 0 radical (unpaired) electrons. The maximum Gasteiger partial charge on any atom is 0.329 e. The van der Waals surface area contributed by atoms with Gasteiger partial charge in [-0.25, -0.2) is 4.79 Å². The summed E-state index contributed by atoms with van der Waals surface area (Å²) in [5.41, 5.74) is 3.32. The van der Waals surface area contributed by atoms with Crippen molar-refractivity contribution in [3.8, 4) is 0 Å². The highest BCUT2D eigenvalue weighted by Crippen LogP contribution is 2.48. The lowest BCUT2D eigenvalue weighted by atomic mass is 9.84. The largest absolute Gasteiger partial charge is 0.480 e.